The van der Waals surface area contributed by atoms with E-state index in [1.54, 1.807) is 9.80 Å². The Kier molecular flexibility index (Phi) is 8.20. The molecule has 35 heavy (non-hydrogen) atoms. The van der Waals surface area contributed by atoms with E-state index < -0.39 is 17.2 Å². The average molecular weight is 509 g/mol. The molecule has 2 fully saturated rings. The van der Waals surface area contributed by atoms with Crippen LogP contribution < -0.4 is 4.74 Å². The third kappa shape index (κ3) is 6.48. The predicted molar refractivity (Wildman–Crippen MR) is 124 cm³/mol. The molecule has 0 radical (unpaired) electrons. The maximum atomic E-state index is 14.3. The zero-order valence-corrected chi connectivity index (χ0v) is 19.9. The summed E-state index contributed by atoms with van der Waals surface area (Å²) in [5.74, 6) is -0.998. The molecule has 0 unspecified atom stereocenters. The van der Waals surface area contributed by atoms with E-state index >= 15 is 0 Å². The summed E-state index contributed by atoms with van der Waals surface area (Å²) in [5, 5.41) is 0.181. The van der Waals surface area contributed by atoms with Crippen molar-refractivity contribution in [2.24, 2.45) is 0 Å². The van der Waals surface area contributed by atoms with E-state index in [1.165, 1.54) is 42.5 Å². The third-order valence-corrected chi connectivity index (χ3v) is 6.50. The van der Waals surface area contributed by atoms with E-state index in [-0.39, 0.29) is 61.5 Å². The van der Waals surface area contributed by atoms with E-state index in [0.29, 0.717) is 32.1 Å². The molecule has 7 nitrogen and oxygen atoms in total. The van der Waals surface area contributed by atoms with E-state index in [4.69, 9.17) is 25.8 Å². The first-order valence-corrected chi connectivity index (χ1v) is 11.8. The lowest BCUT2D eigenvalue weighted by molar-refractivity contribution is -0.167. The first-order valence-electron chi connectivity index (χ1n) is 11.4. The van der Waals surface area contributed by atoms with Gasteiger partial charge in [0, 0.05) is 30.2 Å². The smallest absolute Gasteiger partial charge is 0.227 e. The van der Waals surface area contributed by atoms with Crippen molar-refractivity contribution in [1.82, 2.24) is 9.80 Å². The van der Waals surface area contributed by atoms with Gasteiger partial charge in [-0.1, -0.05) is 17.7 Å². The van der Waals surface area contributed by atoms with Crippen LogP contribution >= 0.6 is 11.6 Å². The summed E-state index contributed by atoms with van der Waals surface area (Å²) >= 11 is 6.11. The molecular formula is C25H27ClF2N2O5. The highest BCUT2D eigenvalue weighted by molar-refractivity contribution is 6.31. The van der Waals surface area contributed by atoms with Gasteiger partial charge in [-0.25, -0.2) is 8.78 Å². The van der Waals surface area contributed by atoms with Crippen LogP contribution in [-0.2, 0) is 25.5 Å². The summed E-state index contributed by atoms with van der Waals surface area (Å²) < 4.78 is 44.8. The van der Waals surface area contributed by atoms with Crippen LogP contribution in [-0.4, -0.2) is 79.8 Å². The van der Waals surface area contributed by atoms with Crippen molar-refractivity contribution in [3.63, 3.8) is 0 Å². The van der Waals surface area contributed by atoms with Gasteiger partial charge in [0.2, 0.25) is 11.8 Å². The molecule has 2 aliphatic rings. The topological polar surface area (TPSA) is 68.3 Å². The molecule has 0 saturated carbocycles. The SMILES string of the molecule is O=C(C[C@@]1(COc2ccc(F)cc2)CN(C(=O)Cc2c(F)cccc2Cl)CCO1)N1CCOCC1. The van der Waals surface area contributed by atoms with Crippen LogP contribution in [0.15, 0.2) is 42.5 Å². The standard InChI is InChI=1S/C25H27ClF2N2O5/c26-21-2-1-3-22(28)20(21)14-23(31)30-10-13-35-25(16-30,15-24(32)29-8-11-33-12-9-29)17-34-19-6-4-18(27)5-7-19/h1-7H,8-17H2/t25-/m0/s1. The summed E-state index contributed by atoms with van der Waals surface area (Å²) in [4.78, 5) is 29.5. The predicted octanol–water partition coefficient (Wildman–Crippen LogP) is 3.09. The van der Waals surface area contributed by atoms with Gasteiger partial charge < -0.3 is 24.0 Å². The van der Waals surface area contributed by atoms with Gasteiger partial charge in [0.1, 0.15) is 29.6 Å². The minimum atomic E-state index is -1.13. The molecule has 0 spiro atoms. The molecule has 2 aromatic carbocycles. The van der Waals surface area contributed by atoms with Crippen LogP contribution in [0, 0.1) is 11.6 Å². The van der Waals surface area contributed by atoms with Crippen molar-refractivity contribution in [2.45, 2.75) is 18.4 Å². The van der Waals surface area contributed by atoms with Crippen molar-refractivity contribution in [2.75, 3.05) is 52.6 Å². The molecule has 2 aromatic rings. The number of halogens is 3. The summed E-state index contributed by atoms with van der Waals surface area (Å²) in [5.41, 5.74) is -1.00. The van der Waals surface area contributed by atoms with E-state index in [9.17, 15) is 18.4 Å². The number of hydrogen-bond acceptors (Lipinski definition) is 5. The third-order valence-electron chi connectivity index (χ3n) is 6.14. The Hall–Kier alpha value is -2.75. The Balaban J connectivity index is 1.51. The van der Waals surface area contributed by atoms with Gasteiger partial charge >= 0.3 is 0 Å². The van der Waals surface area contributed by atoms with Crippen molar-refractivity contribution in [1.29, 1.82) is 0 Å². The Morgan fingerprint density at radius 1 is 0.971 bits per heavy atom. The fourth-order valence-electron chi connectivity index (χ4n) is 4.21. The van der Waals surface area contributed by atoms with Gasteiger partial charge in [0.05, 0.1) is 39.2 Å². The monoisotopic (exact) mass is 508 g/mol. The Morgan fingerprint density at radius 2 is 1.69 bits per heavy atom. The lowest BCUT2D eigenvalue weighted by atomic mass is 9.96. The highest BCUT2D eigenvalue weighted by Gasteiger charge is 2.42. The number of carbonyl (C=O) groups excluding carboxylic acids is 2. The van der Waals surface area contributed by atoms with Gasteiger partial charge in [-0.05, 0) is 36.4 Å². The van der Waals surface area contributed by atoms with E-state index in [2.05, 4.69) is 0 Å². The normalized spacial score (nSPS) is 20.5. The number of benzene rings is 2. The highest BCUT2D eigenvalue weighted by Crippen LogP contribution is 2.27. The summed E-state index contributed by atoms with van der Waals surface area (Å²) in [7, 11) is 0. The molecule has 0 bridgehead atoms. The molecule has 2 saturated heterocycles. The fourth-order valence-corrected chi connectivity index (χ4v) is 4.44. The van der Waals surface area contributed by atoms with Crippen molar-refractivity contribution >= 4 is 23.4 Å². The lowest BCUT2D eigenvalue weighted by Crippen LogP contribution is -2.59. The van der Waals surface area contributed by atoms with Crippen LogP contribution in [0.4, 0.5) is 8.78 Å². The second-order valence-corrected chi connectivity index (χ2v) is 9.04. The Labute approximate surface area is 207 Å². The number of amides is 2. The highest BCUT2D eigenvalue weighted by atomic mass is 35.5. The lowest BCUT2D eigenvalue weighted by Gasteiger charge is -2.43. The number of nitrogens with zero attached hydrogens (tertiary/aromatic N) is 2. The minimum Gasteiger partial charge on any atom is -0.490 e. The van der Waals surface area contributed by atoms with Gasteiger partial charge in [-0.2, -0.15) is 0 Å². The van der Waals surface area contributed by atoms with Gasteiger partial charge in [0.25, 0.3) is 0 Å². The Bertz CT molecular complexity index is 1030. The molecule has 0 aromatic heterocycles. The maximum Gasteiger partial charge on any atom is 0.227 e. The average Bonchev–Trinajstić information content (AvgIpc) is 2.86. The molecule has 188 valence electrons. The van der Waals surface area contributed by atoms with Crippen molar-refractivity contribution < 1.29 is 32.6 Å². The van der Waals surface area contributed by atoms with Crippen LogP contribution in [0.3, 0.4) is 0 Å². The zero-order valence-electron chi connectivity index (χ0n) is 19.2. The number of rotatable bonds is 7. The maximum absolute atomic E-state index is 14.3. The number of ether oxygens (including phenoxy) is 3. The number of morpholine rings is 2. The van der Waals surface area contributed by atoms with Gasteiger partial charge in [0.15, 0.2) is 0 Å². The largest absolute Gasteiger partial charge is 0.490 e. The molecule has 2 aliphatic heterocycles. The first-order chi connectivity index (χ1) is 16.8. The van der Waals surface area contributed by atoms with Gasteiger partial charge in [-0.3, -0.25) is 9.59 Å². The van der Waals surface area contributed by atoms with Gasteiger partial charge in [-0.15, -0.1) is 0 Å². The summed E-state index contributed by atoms with van der Waals surface area (Å²) in [6.07, 6.45) is -0.226. The number of hydrogen-bond donors (Lipinski definition) is 0. The van der Waals surface area contributed by atoms with Crippen molar-refractivity contribution in [3.8, 4) is 5.75 Å². The Morgan fingerprint density at radius 3 is 2.40 bits per heavy atom. The molecule has 2 amide bonds. The molecule has 2 heterocycles. The zero-order chi connectivity index (χ0) is 24.8. The second-order valence-electron chi connectivity index (χ2n) is 8.64. The molecular weight excluding hydrogens is 482 g/mol. The summed E-state index contributed by atoms with van der Waals surface area (Å²) in [6.45, 7) is 2.38. The van der Waals surface area contributed by atoms with Crippen LogP contribution in [0.2, 0.25) is 5.02 Å². The van der Waals surface area contributed by atoms with Crippen LogP contribution in [0.5, 0.6) is 5.75 Å². The number of carbonyl (C=O) groups is 2. The fraction of sp³-hybridized carbons (Fsp3) is 0.440. The second kappa shape index (κ2) is 11.3. The molecule has 0 N–H and O–H groups in total. The molecule has 4 rings (SSSR count). The molecule has 0 aliphatic carbocycles. The van der Waals surface area contributed by atoms with Crippen LogP contribution in [0.1, 0.15) is 12.0 Å². The molecule has 10 heteroatoms. The molecule has 1 atom stereocenters. The van der Waals surface area contributed by atoms with E-state index in [0.717, 1.165) is 0 Å². The minimum absolute atomic E-state index is 0.0154. The quantitative estimate of drug-likeness (QED) is 0.575. The van der Waals surface area contributed by atoms with Crippen LogP contribution in [0.25, 0.3) is 0 Å². The first kappa shape index (κ1) is 25.3. The van der Waals surface area contributed by atoms with E-state index in [1.807, 2.05) is 0 Å². The van der Waals surface area contributed by atoms with Crippen molar-refractivity contribution in [3.05, 3.63) is 64.7 Å². The summed E-state index contributed by atoms with van der Waals surface area (Å²) in [6, 6.07) is 9.80.